The molecular weight excluding hydrogens is 452 g/mol. The second-order valence-electron chi connectivity index (χ2n) is 9.61. The molecule has 0 aromatic heterocycles. The summed E-state index contributed by atoms with van der Waals surface area (Å²) in [4.78, 5) is 52.3. The molecule has 0 aliphatic rings. The van der Waals surface area contributed by atoms with E-state index in [1.165, 1.54) is 37.3 Å². The molecular formula is C26H40N2O7. The summed E-state index contributed by atoms with van der Waals surface area (Å²) < 4.78 is 15.5. The number of nitrogens with one attached hydrogen (secondary N) is 1. The standard InChI is InChI=1S/C26H40N2O7/c1-15(2)12-21(26(32)34-9)27-23(29)20-11-10-19(13-22(20)35-17(5)6)24(30)28(14-16(3)4)18(7)25(31)33-8/h10-11,13,15-18,21H,12,14H2,1-9H3,(H,27,29)/t18-,21-/m0/s1. The van der Waals surface area contributed by atoms with Crippen molar-refractivity contribution in [2.45, 2.75) is 73.1 Å². The average molecular weight is 493 g/mol. The van der Waals surface area contributed by atoms with E-state index in [9.17, 15) is 19.2 Å². The van der Waals surface area contributed by atoms with Gasteiger partial charge in [-0.25, -0.2) is 9.59 Å². The summed E-state index contributed by atoms with van der Waals surface area (Å²) in [7, 11) is 2.55. The number of amides is 2. The molecule has 1 aromatic carbocycles. The summed E-state index contributed by atoms with van der Waals surface area (Å²) in [6, 6.07) is 2.88. The minimum absolute atomic E-state index is 0.110. The minimum atomic E-state index is -0.817. The van der Waals surface area contributed by atoms with Crippen molar-refractivity contribution >= 4 is 23.8 Å². The van der Waals surface area contributed by atoms with E-state index in [2.05, 4.69) is 5.32 Å². The molecule has 0 spiro atoms. The zero-order chi connectivity index (χ0) is 26.9. The van der Waals surface area contributed by atoms with Crippen molar-refractivity contribution < 1.29 is 33.4 Å². The first-order chi connectivity index (χ1) is 16.3. The molecule has 0 radical (unpaired) electrons. The van der Waals surface area contributed by atoms with Crippen molar-refractivity contribution in [1.29, 1.82) is 0 Å². The summed E-state index contributed by atoms with van der Waals surface area (Å²) in [6.07, 6.45) is 0.130. The third kappa shape index (κ3) is 8.88. The van der Waals surface area contributed by atoms with Gasteiger partial charge >= 0.3 is 11.9 Å². The average Bonchev–Trinajstić information content (AvgIpc) is 2.79. The monoisotopic (exact) mass is 492 g/mol. The van der Waals surface area contributed by atoms with Gasteiger partial charge in [-0.05, 0) is 57.2 Å². The molecule has 0 unspecified atom stereocenters. The van der Waals surface area contributed by atoms with Crippen molar-refractivity contribution in [3.63, 3.8) is 0 Å². The highest BCUT2D eigenvalue weighted by Gasteiger charge is 2.30. The maximum atomic E-state index is 13.4. The van der Waals surface area contributed by atoms with Crippen LogP contribution in [-0.4, -0.2) is 67.6 Å². The molecule has 0 heterocycles. The van der Waals surface area contributed by atoms with Crippen LogP contribution >= 0.6 is 0 Å². The van der Waals surface area contributed by atoms with Gasteiger partial charge in [0.25, 0.3) is 11.8 Å². The van der Waals surface area contributed by atoms with E-state index in [0.717, 1.165) is 0 Å². The van der Waals surface area contributed by atoms with Crippen molar-refractivity contribution in [3.8, 4) is 5.75 Å². The smallest absolute Gasteiger partial charge is 0.328 e. The van der Waals surface area contributed by atoms with Crippen LogP contribution in [0, 0.1) is 11.8 Å². The van der Waals surface area contributed by atoms with Crippen molar-refractivity contribution in [1.82, 2.24) is 10.2 Å². The second-order valence-corrected chi connectivity index (χ2v) is 9.61. The molecule has 2 atom stereocenters. The van der Waals surface area contributed by atoms with Crippen LogP contribution in [0.5, 0.6) is 5.75 Å². The highest BCUT2D eigenvalue weighted by Crippen LogP contribution is 2.24. The normalized spacial score (nSPS) is 12.8. The number of methoxy groups -OCH3 is 2. The van der Waals surface area contributed by atoms with Crippen LogP contribution in [0.3, 0.4) is 0 Å². The number of nitrogens with zero attached hydrogens (tertiary/aromatic N) is 1. The largest absolute Gasteiger partial charge is 0.490 e. The molecule has 9 nitrogen and oxygen atoms in total. The first-order valence-corrected chi connectivity index (χ1v) is 11.9. The van der Waals surface area contributed by atoms with Crippen LogP contribution < -0.4 is 10.1 Å². The van der Waals surface area contributed by atoms with E-state index < -0.39 is 29.9 Å². The number of carbonyl (C=O) groups is 4. The Morgan fingerprint density at radius 1 is 0.886 bits per heavy atom. The fraction of sp³-hybridized carbons (Fsp3) is 0.615. The molecule has 0 aliphatic carbocycles. The van der Waals surface area contributed by atoms with E-state index in [1.807, 2.05) is 27.7 Å². The topological polar surface area (TPSA) is 111 Å². The lowest BCUT2D eigenvalue weighted by molar-refractivity contribution is -0.145. The molecule has 0 aliphatic heterocycles. The maximum absolute atomic E-state index is 13.4. The summed E-state index contributed by atoms with van der Waals surface area (Å²) in [5.74, 6) is -1.50. The number of hydrogen-bond donors (Lipinski definition) is 1. The fourth-order valence-electron chi connectivity index (χ4n) is 3.53. The Morgan fingerprint density at radius 3 is 1.97 bits per heavy atom. The predicted molar refractivity (Wildman–Crippen MR) is 132 cm³/mol. The zero-order valence-electron chi connectivity index (χ0n) is 22.3. The number of rotatable bonds is 12. The molecule has 1 aromatic rings. The van der Waals surface area contributed by atoms with Crippen LogP contribution in [0.15, 0.2) is 18.2 Å². The van der Waals surface area contributed by atoms with Crippen LogP contribution in [0.4, 0.5) is 0 Å². The molecule has 0 bridgehead atoms. The Hall–Kier alpha value is -3.10. The summed E-state index contributed by atoms with van der Waals surface area (Å²) in [5.41, 5.74) is 0.449. The van der Waals surface area contributed by atoms with Crippen LogP contribution in [0.1, 0.15) is 75.6 Å². The van der Waals surface area contributed by atoms with E-state index in [-0.39, 0.29) is 40.7 Å². The van der Waals surface area contributed by atoms with Gasteiger partial charge in [0.15, 0.2) is 0 Å². The van der Waals surface area contributed by atoms with E-state index >= 15 is 0 Å². The second kappa shape index (κ2) is 13.7. The van der Waals surface area contributed by atoms with Crippen LogP contribution in [0.2, 0.25) is 0 Å². The predicted octanol–water partition coefficient (Wildman–Crippen LogP) is 3.45. The number of hydrogen-bond acceptors (Lipinski definition) is 7. The molecule has 1 rings (SSSR count). The van der Waals surface area contributed by atoms with Gasteiger partial charge in [-0.15, -0.1) is 0 Å². The third-order valence-electron chi connectivity index (χ3n) is 5.17. The lowest BCUT2D eigenvalue weighted by Crippen LogP contribution is -2.45. The maximum Gasteiger partial charge on any atom is 0.328 e. The Labute approximate surface area is 208 Å². The highest BCUT2D eigenvalue weighted by molar-refractivity contribution is 6.02. The molecule has 0 saturated heterocycles. The SMILES string of the molecule is COC(=O)[C@H](CC(C)C)NC(=O)c1ccc(C(=O)N(CC(C)C)[C@@H](C)C(=O)OC)cc1OC(C)C. The Morgan fingerprint density at radius 2 is 1.49 bits per heavy atom. The first kappa shape index (κ1) is 29.9. The van der Waals surface area contributed by atoms with Gasteiger partial charge in [-0.3, -0.25) is 9.59 Å². The lowest BCUT2D eigenvalue weighted by Gasteiger charge is -2.29. The summed E-state index contributed by atoms with van der Waals surface area (Å²) in [6.45, 7) is 13.3. The quantitative estimate of drug-likeness (QED) is 0.445. The molecule has 196 valence electrons. The van der Waals surface area contributed by atoms with Gasteiger partial charge in [-0.1, -0.05) is 27.7 Å². The van der Waals surface area contributed by atoms with E-state index in [4.69, 9.17) is 14.2 Å². The van der Waals surface area contributed by atoms with Gasteiger partial charge in [0.2, 0.25) is 0 Å². The van der Waals surface area contributed by atoms with Gasteiger partial charge in [0, 0.05) is 12.1 Å². The summed E-state index contributed by atoms with van der Waals surface area (Å²) in [5, 5.41) is 2.72. The number of benzene rings is 1. The molecule has 35 heavy (non-hydrogen) atoms. The zero-order valence-corrected chi connectivity index (χ0v) is 22.3. The number of ether oxygens (including phenoxy) is 3. The van der Waals surface area contributed by atoms with E-state index in [1.54, 1.807) is 20.8 Å². The number of esters is 2. The molecule has 1 N–H and O–H groups in total. The van der Waals surface area contributed by atoms with Gasteiger partial charge in [-0.2, -0.15) is 0 Å². The molecule has 0 fully saturated rings. The number of carbonyl (C=O) groups excluding carboxylic acids is 4. The highest BCUT2D eigenvalue weighted by atomic mass is 16.5. The van der Waals surface area contributed by atoms with Crippen molar-refractivity contribution in [3.05, 3.63) is 29.3 Å². The van der Waals surface area contributed by atoms with Crippen molar-refractivity contribution in [2.24, 2.45) is 11.8 Å². The molecule has 0 saturated carbocycles. The van der Waals surface area contributed by atoms with E-state index in [0.29, 0.717) is 13.0 Å². The Balaban J connectivity index is 3.38. The lowest BCUT2D eigenvalue weighted by atomic mass is 10.0. The molecule has 9 heteroatoms. The van der Waals surface area contributed by atoms with Gasteiger partial charge in [0.05, 0.1) is 25.9 Å². The Bertz CT molecular complexity index is 896. The van der Waals surface area contributed by atoms with Gasteiger partial charge in [0.1, 0.15) is 17.8 Å². The molecule has 2 amide bonds. The summed E-state index contributed by atoms with van der Waals surface area (Å²) >= 11 is 0. The van der Waals surface area contributed by atoms with Crippen LogP contribution in [0.25, 0.3) is 0 Å². The third-order valence-corrected chi connectivity index (χ3v) is 5.17. The van der Waals surface area contributed by atoms with Crippen LogP contribution in [-0.2, 0) is 19.1 Å². The van der Waals surface area contributed by atoms with Crippen molar-refractivity contribution in [2.75, 3.05) is 20.8 Å². The fourth-order valence-corrected chi connectivity index (χ4v) is 3.53. The Kier molecular flexibility index (Phi) is 11.7. The van der Waals surface area contributed by atoms with Gasteiger partial charge < -0.3 is 24.4 Å². The minimum Gasteiger partial charge on any atom is -0.490 e. The first-order valence-electron chi connectivity index (χ1n) is 11.9.